The molecule has 0 aliphatic carbocycles. The highest BCUT2D eigenvalue weighted by atomic mass is 32.1. The van der Waals surface area contributed by atoms with Crippen LogP contribution in [0.15, 0.2) is 41.8 Å². The molecule has 0 fully saturated rings. The van der Waals surface area contributed by atoms with Crippen molar-refractivity contribution in [1.29, 1.82) is 0 Å². The van der Waals surface area contributed by atoms with Gasteiger partial charge in [0, 0.05) is 12.1 Å². The van der Waals surface area contributed by atoms with Crippen LogP contribution < -0.4 is 5.32 Å². The van der Waals surface area contributed by atoms with Gasteiger partial charge in [0.15, 0.2) is 12.4 Å². The first kappa shape index (κ1) is 16.8. The zero-order valence-corrected chi connectivity index (χ0v) is 12.9. The average molecular weight is 335 g/mol. The summed E-state index contributed by atoms with van der Waals surface area (Å²) in [4.78, 5) is 35.4. The van der Waals surface area contributed by atoms with E-state index in [0.29, 0.717) is 4.88 Å². The van der Waals surface area contributed by atoms with Crippen LogP contribution in [0.25, 0.3) is 0 Å². The number of thiophene rings is 1. The Bertz CT molecular complexity index is 683. The molecule has 23 heavy (non-hydrogen) atoms. The van der Waals surface area contributed by atoms with Gasteiger partial charge in [0.05, 0.1) is 11.3 Å². The molecule has 7 heteroatoms. The maximum Gasteiger partial charge on any atom is 0.308 e. The Labute approximate surface area is 136 Å². The summed E-state index contributed by atoms with van der Waals surface area (Å²) in [6.07, 6.45) is -0.0339. The van der Waals surface area contributed by atoms with E-state index in [1.165, 1.54) is 23.5 Å². The van der Waals surface area contributed by atoms with Gasteiger partial charge in [-0.3, -0.25) is 14.4 Å². The summed E-state index contributed by atoms with van der Waals surface area (Å²) >= 11 is 1.30. The molecule has 0 saturated carbocycles. The van der Waals surface area contributed by atoms with E-state index in [1.807, 2.05) is 0 Å². The third-order valence-electron chi connectivity index (χ3n) is 2.89. The van der Waals surface area contributed by atoms with Gasteiger partial charge in [0.2, 0.25) is 0 Å². The molecule has 1 aromatic heterocycles. The summed E-state index contributed by atoms with van der Waals surface area (Å²) in [5.41, 5.74) is 0.269. The van der Waals surface area contributed by atoms with Gasteiger partial charge < -0.3 is 10.1 Å². The van der Waals surface area contributed by atoms with Crippen molar-refractivity contribution in [3.8, 4) is 0 Å². The van der Waals surface area contributed by atoms with Crippen molar-refractivity contribution in [2.75, 3.05) is 13.2 Å². The van der Waals surface area contributed by atoms with Crippen molar-refractivity contribution in [2.24, 2.45) is 0 Å². The highest BCUT2D eigenvalue weighted by Gasteiger charge is 2.11. The summed E-state index contributed by atoms with van der Waals surface area (Å²) in [6.45, 7) is -0.288. The van der Waals surface area contributed by atoms with Gasteiger partial charge >= 0.3 is 5.97 Å². The summed E-state index contributed by atoms with van der Waals surface area (Å²) < 4.78 is 17.6. The molecule has 0 radical (unpaired) electrons. The molecule has 0 bridgehead atoms. The molecule has 0 unspecified atom stereocenters. The first-order valence-corrected chi connectivity index (χ1v) is 7.70. The molecule has 1 amide bonds. The Morgan fingerprint density at radius 1 is 1.13 bits per heavy atom. The van der Waals surface area contributed by atoms with Crippen molar-refractivity contribution in [2.45, 2.75) is 6.42 Å². The fourth-order valence-electron chi connectivity index (χ4n) is 1.71. The first-order valence-electron chi connectivity index (χ1n) is 6.82. The summed E-state index contributed by atoms with van der Waals surface area (Å²) in [7, 11) is 0. The van der Waals surface area contributed by atoms with Crippen molar-refractivity contribution in [3.63, 3.8) is 0 Å². The molecule has 0 aliphatic rings. The summed E-state index contributed by atoms with van der Waals surface area (Å²) in [5, 5.41) is 4.37. The normalized spacial score (nSPS) is 10.1. The van der Waals surface area contributed by atoms with Crippen LogP contribution in [-0.4, -0.2) is 30.8 Å². The lowest BCUT2D eigenvalue weighted by Crippen LogP contribution is -2.26. The second kappa shape index (κ2) is 8.19. The number of benzene rings is 1. The third-order valence-corrected chi connectivity index (χ3v) is 3.76. The van der Waals surface area contributed by atoms with Crippen LogP contribution >= 0.6 is 11.3 Å². The Kier molecular flexibility index (Phi) is 5.99. The van der Waals surface area contributed by atoms with E-state index in [0.717, 1.165) is 12.1 Å². The lowest BCUT2D eigenvalue weighted by atomic mass is 10.1. The molecule has 1 N–H and O–H groups in total. The molecule has 0 saturated heterocycles. The molecule has 2 rings (SSSR count). The fraction of sp³-hybridized carbons (Fsp3) is 0.188. The number of ketones is 1. The monoisotopic (exact) mass is 335 g/mol. The number of hydrogen-bond donors (Lipinski definition) is 1. The number of halogens is 1. The Morgan fingerprint density at radius 2 is 1.87 bits per heavy atom. The number of hydrogen-bond acceptors (Lipinski definition) is 5. The van der Waals surface area contributed by atoms with Crippen LogP contribution in [0.3, 0.4) is 0 Å². The third kappa shape index (κ3) is 5.30. The van der Waals surface area contributed by atoms with Gasteiger partial charge in [-0.05, 0) is 35.7 Å². The Morgan fingerprint density at radius 3 is 2.52 bits per heavy atom. The van der Waals surface area contributed by atoms with E-state index in [9.17, 15) is 18.8 Å². The number of nitrogens with one attached hydrogen (secondary N) is 1. The van der Waals surface area contributed by atoms with Crippen LogP contribution in [-0.2, 0) is 9.53 Å². The molecule has 1 aromatic carbocycles. The fourth-order valence-corrected chi connectivity index (χ4v) is 2.35. The van der Waals surface area contributed by atoms with E-state index in [4.69, 9.17) is 4.74 Å². The Hall–Kier alpha value is -2.54. The molecule has 5 nitrogen and oxygen atoms in total. The van der Waals surface area contributed by atoms with Crippen LogP contribution in [0.1, 0.15) is 26.5 Å². The van der Waals surface area contributed by atoms with Crippen LogP contribution in [0, 0.1) is 5.82 Å². The highest BCUT2D eigenvalue weighted by Crippen LogP contribution is 2.07. The molecular weight excluding hydrogens is 321 g/mol. The van der Waals surface area contributed by atoms with Crippen LogP contribution in [0.4, 0.5) is 4.39 Å². The molecule has 1 heterocycles. The number of ether oxygens (including phenoxy) is 1. The summed E-state index contributed by atoms with van der Waals surface area (Å²) in [5.74, 6) is -1.71. The van der Waals surface area contributed by atoms with E-state index >= 15 is 0 Å². The van der Waals surface area contributed by atoms with Gasteiger partial charge in [0.25, 0.3) is 5.91 Å². The largest absolute Gasteiger partial charge is 0.457 e. The maximum atomic E-state index is 12.7. The van der Waals surface area contributed by atoms with Crippen molar-refractivity contribution in [1.82, 2.24) is 5.32 Å². The van der Waals surface area contributed by atoms with E-state index in [-0.39, 0.29) is 24.4 Å². The standard InChI is InChI=1S/C16H14FNO4S/c17-12-5-3-11(4-6-12)13(19)10-22-15(20)7-8-18-16(21)14-2-1-9-23-14/h1-6,9H,7-8,10H2,(H,18,21). The number of amides is 1. The number of esters is 1. The quantitative estimate of drug-likeness (QED) is 0.623. The second-order valence-electron chi connectivity index (χ2n) is 4.57. The minimum Gasteiger partial charge on any atom is -0.457 e. The van der Waals surface area contributed by atoms with Gasteiger partial charge in [-0.1, -0.05) is 6.07 Å². The molecule has 0 atom stereocenters. The van der Waals surface area contributed by atoms with E-state index in [1.54, 1.807) is 17.5 Å². The molecule has 0 aliphatic heterocycles. The molecule has 120 valence electrons. The van der Waals surface area contributed by atoms with Crippen molar-refractivity contribution in [3.05, 3.63) is 58.0 Å². The predicted octanol–water partition coefficient (Wildman–Crippen LogP) is 2.43. The predicted molar refractivity (Wildman–Crippen MR) is 83.0 cm³/mol. The zero-order chi connectivity index (χ0) is 16.7. The topological polar surface area (TPSA) is 72.5 Å². The van der Waals surface area contributed by atoms with Gasteiger partial charge in [-0.15, -0.1) is 11.3 Å². The van der Waals surface area contributed by atoms with Gasteiger partial charge in [0.1, 0.15) is 5.82 Å². The second-order valence-corrected chi connectivity index (χ2v) is 5.52. The minimum absolute atomic E-state index is 0.0339. The molecule has 2 aromatic rings. The SMILES string of the molecule is O=C(CCNC(=O)c1cccs1)OCC(=O)c1ccc(F)cc1. The van der Waals surface area contributed by atoms with Crippen molar-refractivity contribution >= 4 is 29.0 Å². The number of carbonyl (C=O) groups is 3. The average Bonchev–Trinajstić information content (AvgIpc) is 3.07. The van der Waals surface area contributed by atoms with E-state index < -0.39 is 24.2 Å². The maximum absolute atomic E-state index is 12.7. The Balaban J connectivity index is 1.68. The number of rotatable bonds is 7. The molecule has 0 spiro atoms. The van der Waals surface area contributed by atoms with Gasteiger partial charge in [-0.25, -0.2) is 4.39 Å². The summed E-state index contributed by atoms with van der Waals surface area (Å²) in [6, 6.07) is 8.42. The molecular formula is C16H14FNO4S. The van der Waals surface area contributed by atoms with Gasteiger partial charge in [-0.2, -0.15) is 0 Å². The minimum atomic E-state index is -0.591. The van der Waals surface area contributed by atoms with E-state index in [2.05, 4.69) is 5.32 Å². The lowest BCUT2D eigenvalue weighted by molar-refractivity contribution is -0.142. The van der Waals surface area contributed by atoms with Crippen LogP contribution in [0.2, 0.25) is 0 Å². The zero-order valence-electron chi connectivity index (χ0n) is 12.1. The smallest absolute Gasteiger partial charge is 0.308 e. The number of carbonyl (C=O) groups excluding carboxylic acids is 3. The number of Topliss-reactive ketones (excluding diaryl/α,β-unsaturated/α-hetero) is 1. The van der Waals surface area contributed by atoms with Crippen molar-refractivity contribution < 1.29 is 23.5 Å². The van der Waals surface area contributed by atoms with Crippen LogP contribution in [0.5, 0.6) is 0 Å². The highest BCUT2D eigenvalue weighted by molar-refractivity contribution is 7.12. The lowest BCUT2D eigenvalue weighted by Gasteiger charge is -2.05. The first-order chi connectivity index (χ1) is 11.1.